The molecule has 6 heteroatoms. The van der Waals surface area contributed by atoms with Crippen LogP contribution in [0.5, 0.6) is 0 Å². The van der Waals surface area contributed by atoms with E-state index in [-0.39, 0.29) is 0 Å². The van der Waals surface area contributed by atoms with Gasteiger partial charge < -0.3 is 13.3 Å². The van der Waals surface area contributed by atoms with Crippen molar-refractivity contribution in [3.8, 4) is 56.4 Å². The monoisotopic (exact) mass is 731 g/mol. The van der Waals surface area contributed by atoms with Crippen LogP contribution in [0.15, 0.2) is 189 Å². The summed E-state index contributed by atoms with van der Waals surface area (Å²) in [5.41, 5.74) is 11.7. The van der Waals surface area contributed by atoms with Gasteiger partial charge in [0.2, 0.25) is 0 Å². The lowest BCUT2D eigenvalue weighted by atomic mass is 9.93. The molecule has 266 valence electrons. The second-order valence-corrected chi connectivity index (χ2v) is 14.3. The smallest absolute Gasteiger partial charge is 0.164 e. The predicted molar refractivity (Wildman–Crippen MR) is 229 cm³/mol. The van der Waals surface area contributed by atoms with E-state index in [1.807, 2.05) is 78.9 Å². The fraction of sp³-hybridized carbons (Fsp3) is 0. The highest BCUT2D eigenvalue weighted by molar-refractivity contribution is 6.18. The summed E-state index contributed by atoms with van der Waals surface area (Å²) in [6, 6.07) is 59.8. The Morgan fingerprint density at radius 1 is 0.281 bits per heavy atom. The summed E-state index contributed by atoms with van der Waals surface area (Å²) in [6.45, 7) is 0. The number of fused-ring (bicyclic) bond motifs is 9. The summed E-state index contributed by atoms with van der Waals surface area (Å²) in [7, 11) is 0. The van der Waals surface area contributed by atoms with E-state index in [4.69, 9.17) is 28.2 Å². The van der Waals surface area contributed by atoms with E-state index in [9.17, 15) is 0 Å². The van der Waals surface area contributed by atoms with Crippen molar-refractivity contribution in [2.45, 2.75) is 0 Å². The SMILES string of the molecule is c1ccc(-c2cc(-c3cccc4c3oc3cc(-c5nc(-c6ccccc6)nc(-c6ccc7c(c6)oc6ccccc67)n5)ccc34)c3c(c2)oc2ccccc23)cc1. The van der Waals surface area contributed by atoms with E-state index in [1.165, 1.54) is 0 Å². The Bertz CT molecular complexity index is 3530. The molecular weight excluding hydrogens is 703 g/mol. The Kier molecular flexibility index (Phi) is 6.83. The summed E-state index contributed by atoms with van der Waals surface area (Å²) in [4.78, 5) is 15.1. The maximum absolute atomic E-state index is 6.88. The molecule has 0 atom stereocenters. The molecule has 0 fully saturated rings. The lowest BCUT2D eigenvalue weighted by Gasteiger charge is -2.09. The molecule has 0 bridgehead atoms. The molecule has 0 radical (unpaired) electrons. The second-order valence-electron chi connectivity index (χ2n) is 14.3. The summed E-state index contributed by atoms with van der Waals surface area (Å²) < 4.78 is 19.6. The van der Waals surface area contributed by atoms with Gasteiger partial charge in [0.25, 0.3) is 0 Å². The van der Waals surface area contributed by atoms with Crippen LogP contribution in [0.25, 0.3) is 122 Å². The first-order chi connectivity index (χ1) is 28.2. The van der Waals surface area contributed by atoms with Crippen molar-refractivity contribution >= 4 is 65.8 Å². The molecule has 0 aliphatic heterocycles. The van der Waals surface area contributed by atoms with E-state index in [1.54, 1.807) is 0 Å². The van der Waals surface area contributed by atoms with Crippen molar-refractivity contribution in [1.29, 1.82) is 0 Å². The van der Waals surface area contributed by atoms with Crippen LogP contribution in [-0.2, 0) is 0 Å². The van der Waals surface area contributed by atoms with Gasteiger partial charge in [0.1, 0.15) is 33.5 Å². The molecule has 57 heavy (non-hydrogen) atoms. The van der Waals surface area contributed by atoms with Crippen LogP contribution in [0.3, 0.4) is 0 Å². The zero-order valence-corrected chi connectivity index (χ0v) is 30.3. The summed E-state index contributed by atoms with van der Waals surface area (Å²) in [6.07, 6.45) is 0. The molecule has 12 aromatic rings. The Balaban J connectivity index is 1.04. The quantitative estimate of drug-likeness (QED) is 0.175. The Morgan fingerprint density at radius 3 is 1.51 bits per heavy atom. The number of nitrogens with zero attached hydrogens (tertiary/aromatic N) is 3. The van der Waals surface area contributed by atoms with Crippen molar-refractivity contribution in [3.05, 3.63) is 176 Å². The minimum Gasteiger partial charge on any atom is -0.456 e. The van der Waals surface area contributed by atoms with Crippen molar-refractivity contribution in [2.24, 2.45) is 0 Å². The Hall–Kier alpha value is -7.83. The third-order valence-corrected chi connectivity index (χ3v) is 10.9. The van der Waals surface area contributed by atoms with E-state index in [0.717, 1.165) is 105 Å². The minimum absolute atomic E-state index is 0.549. The normalized spacial score (nSPS) is 11.9. The van der Waals surface area contributed by atoms with Crippen LogP contribution in [0.2, 0.25) is 0 Å². The molecule has 4 heterocycles. The van der Waals surface area contributed by atoms with Gasteiger partial charge in [-0.05, 0) is 65.2 Å². The molecule has 0 saturated carbocycles. The Labute approximate surface area is 325 Å². The lowest BCUT2D eigenvalue weighted by molar-refractivity contribution is 0.668. The van der Waals surface area contributed by atoms with Crippen LogP contribution >= 0.6 is 0 Å². The summed E-state index contributed by atoms with van der Waals surface area (Å²) in [5.74, 6) is 1.69. The first-order valence-electron chi connectivity index (χ1n) is 18.9. The first kappa shape index (κ1) is 31.5. The molecule has 0 N–H and O–H groups in total. The van der Waals surface area contributed by atoms with Crippen LogP contribution in [-0.4, -0.2) is 15.0 Å². The average molecular weight is 732 g/mol. The highest BCUT2D eigenvalue weighted by atomic mass is 16.3. The van der Waals surface area contributed by atoms with E-state index in [2.05, 4.69) is 97.1 Å². The largest absolute Gasteiger partial charge is 0.456 e. The van der Waals surface area contributed by atoms with E-state index in [0.29, 0.717) is 17.5 Å². The molecule has 0 aliphatic carbocycles. The van der Waals surface area contributed by atoms with Gasteiger partial charge in [0.15, 0.2) is 17.5 Å². The van der Waals surface area contributed by atoms with Gasteiger partial charge in [-0.25, -0.2) is 15.0 Å². The van der Waals surface area contributed by atoms with E-state index >= 15 is 0 Å². The van der Waals surface area contributed by atoms with Gasteiger partial charge in [-0.2, -0.15) is 0 Å². The highest BCUT2D eigenvalue weighted by Gasteiger charge is 2.21. The lowest BCUT2D eigenvalue weighted by Crippen LogP contribution is -2.00. The molecule has 0 aliphatic rings. The van der Waals surface area contributed by atoms with Gasteiger partial charge in [-0.3, -0.25) is 0 Å². The van der Waals surface area contributed by atoms with Crippen molar-refractivity contribution < 1.29 is 13.3 Å². The van der Waals surface area contributed by atoms with Crippen molar-refractivity contribution in [1.82, 2.24) is 15.0 Å². The topological polar surface area (TPSA) is 78.1 Å². The molecule has 0 saturated heterocycles. The van der Waals surface area contributed by atoms with Crippen LogP contribution in [0, 0.1) is 0 Å². The molecule has 0 spiro atoms. The summed E-state index contributed by atoms with van der Waals surface area (Å²) >= 11 is 0. The standard InChI is InChI=1S/C51H29N3O3/c1-3-12-30(13-4-1)34-26-41(47-40-17-8-10-21-43(40)56-46(47)29-34)39-19-11-18-38-37-25-23-33(28-45(37)57-48(38)39)51-53-49(31-14-5-2-6-15-31)52-50(54-51)32-22-24-36-35-16-7-9-20-42(35)55-44(36)27-32/h1-29H. The van der Waals surface area contributed by atoms with Gasteiger partial charge in [-0.1, -0.05) is 127 Å². The Morgan fingerprint density at radius 2 is 0.789 bits per heavy atom. The van der Waals surface area contributed by atoms with Gasteiger partial charge >= 0.3 is 0 Å². The van der Waals surface area contributed by atoms with Gasteiger partial charge in [0.05, 0.1) is 0 Å². The molecule has 8 aromatic carbocycles. The zero-order chi connectivity index (χ0) is 37.5. The number of hydrogen-bond acceptors (Lipinski definition) is 6. The number of rotatable bonds is 5. The number of aromatic nitrogens is 3. The molecule has 12 rings (SSSR count). The fourth-order valence-corrected chi connectivity index (χ4v) is 8.23. The molecule has 6 nitrogen and oxygen atoms in total. The number of furan rings is 3. The number of hydrogen-bond donors (Lipinski definition) is 0. The average Bonchev–Trinajstić information content (AvgIpc) is 3.97. The molecule has 4 aromatic heterocycles. The van der Waals surface area contributed by atoms with Gasteiger partial charge in [0, 0.05) is 54.6 Å². The van der Waals surface area contributed by atoms with Crippen LogP contribution < -0.4 is 0 Å². The number of para-hydroxylation sites is 3. The minimum atomic E-state index is 0.549. The second kappa shape index (κ2) is 12.3. The van der Waals surface area contributed by atoms with Gasteiger partial charge in [-0.15, -0.1) is 0 Å². The van der Waals surface area contributed by atoms with Crippen LogP contribution in [0.1, 0.15) is 0 Å². The first-order valence-corrected chi connectivity index (χ1v) is 18.9. The summed E-state index contributed by atoms with van der Waals surface area (Å²) in [5, 5.41) is 6.29. The molecule has 0 unspecified atom stereocenters. The molecular formula is C51H29N3O3. The predicted octanol–water partition coefficient (Wildman–Crippen LogP) is 13.9. The number of benzene rings is 8. The van der Waals surface area contributed by atoms with Crippen molar-refractivity contribution in [3.63, 3.8) is 0 Å². The molecule has 0 amide bonds. The maximum atomic E-state index is 6.88. The third kappa shape index (κ3) is 5.08. The van der Waals surface area contributed by atoms with Crippen LogP contribution in [0.4, 0.5) is 0 Å². The highest BCUT2D eigenvalue weighted by Crippen LogP contribution is 2.44. The maximum Gasteiger partial charge on any atom is 0.164 e. The zero-order valence-electron chi connectivity index (χ0n) is 30.3. The third-order valence-electron chi connectivity index (χ3n) is 10.9. The fourth-order valence-electron chi connectivity index (χ4n) is 8.23. The van der Waals surface area contributed by atoms with Crippen molar-refractivity contribution in [2.75, 3.05) is 0 Å². The van der Waals surface area contributed by atoms with E-state index < -0.39 is 0 Å².